The molecule has 0 saturated heterocycles. The van der Waals surface area contributed by atoms with Crippen LogP contribution in [-0.2, 0) is 27.9 Å². The molecule has 1 aromatic rings. The standard InChI is InChI=1S/C18H27O6P/c1-5-21-17(19)18(25(20,22-6-2)23-7-3)24-15(4)13-14-16-11-9-8-10-12-16/h8-15,18H,5-7H2,1-4H3/b14-13+. The zero-order valence-corrected chi connectivity index (χ0v) is 16.1. The number of rotatable bonds is 11. The summed E-state index contributed by atoms with van der Waals surface area (Å²) < 4.78 is 34.1. The summed E-state index contributed by atoms with van der Waals surface area (Å²) >= 11 is 0. The summed E-state index contributed by atoms with van der Waals surface area (Å²) in [4.78, 5) is 12.2. The van der Waals surface area contributed by atoms with Crippen LogP contribution < -0.4 is 0 Å². The topological polar surface area (TPSA) is 71.1 Å². The van der Waals surface area contributed by atoms with Crippen molar-refractivity contribution in [2.24, 2.45) is 0 Å². The van der Waals surface area contributed by atoms with Gasteiger partial charge in [-0.05, 0) is 33.3 Å². The van der Waals surface area contributed by atoms with E-state index < -0.39 is 25.5 Å². The van der Waals surface area contributed by atoms with Gasteiger partial charge < -0.3 is 18.5 Å². The lowest BCUT2D eigenvalue weighted by molar-refractivity contribution is -0.153. The van der Waals surface area contributed by atoms with Gasteiger partial charge in [0.2, 0.25) is 0 Å². The minimum Gasteiger partial charge on any atom is -0.464 e. The molecule has 6 nitrogen and oxygen atoms in total. The Bertz CT molecular complexity index is 576. The molecule has 0 fully saturated rings. The van der Waals surface area contributed by atoms with Gasteiger partial charge in [0.1, 0.15) is 0 Å². The van der Waals surface area contributed by atoms with Crippen LogP contribution in [0.3, 0.4) is 0 Å². The van der Waals surface area contributed by atoms with E-state index in [4.69, 9.17) is 18.5 Å². The van der Waals surface area contributed by atoms with Crippen molar-refractivity contribution in [3.05, 3.63) is 42.0 Å². The van der Waals surface area contributed by atoms with E-state index in [1.807, 2.05) is 36.4 Å². The molecule has 7 heteroatoms. The van der Waals surface area contributed by atoms with Crippen LogP contribution in [0.1, 0.15) is 33.3 Å². The fraction of sp³-hybridized carbons (Fsp3) is 0.500. The van der Waals surface area contributed by atoms with E-state index in [-0.39, 0.29) is 19.8 Å². The number of hydrogen-bond donors (Lipinski definition) is 0. The third kappa shape index (κ3) is 7.12. The molecule has 0 aliphatic heterocycles. The van der Waals surface area contributed by atoms with Gasteiger partial charge in [-0.3, -0.25) is 4.57 Å². The van der Waals surface area contributed by atoms with E-state index in [2.05, 4.69) is 0 Å². The highest BCUT2D eigenvalue weighted by molar-refractivity contribution is 7.55. The number of ether oxygens (including phenoxy) is 2. The Balaban J connectivity index is 2.93. The van der Waals surface area contributed by atoms with Crippen molar-refractivity contribution in [3.63, 3.8) is 0 Å². The summed E-state index contributed by atoms with van der Waals surface area (Å²) in [5, 5.41) is 0. The molecular formula is C18H27O6P. The Morgan fingerprint density at radius 1 is 1.08 bits per heavy atom. The van der Waals surface area contributed by atoms with Crippen molar-refractivity contribution in [3.8, 4) is 0 Å². The van der Waals surface area contributed by atoms with E-state index in [0.29, 0.717) is 0 Å². The molecule has 2 unspecified atom stereocenters. The molecular weight excluding hydrogens is 343 g/mol. The number of esters is 1. The Labute approximate surface area is 149 Å². The molecule has 0 saturated carbocycles. The molecule has 0 bridgehead atoms. The van der Waals surface area contributed by atoms with Crippen molar-refractivity contribution in [2.45, 2.75) is 39.6 Å². The SMILES string of the molecule is CCOC(=O)C(OC(C)/C=C/c1ccccc1)P(=O)(OCC)OCC. The van der Waals surface area contributed by atoms with Crippen LogP contribution in [-0.4, -0.2) is 37.7 Å². The number of carbonyl (C=O) groups is 1. The molecule has 0 spiro atoms. The molecule has 0 aliphatic carbocycles. The van der Waals surface area contributed by atoms with Crippen molar-refractivity contribution >= 4 is 19.6 Å². The van der Waals surface area contributed by atoms with Crippen molar-refractivity contribution in [2.75, 3.05) is 19.8 Å². The van der Waals surface area contributed by atoms with Crippen LogP contribution in [0.5, 0.6) is 0 Å². The molecule has 25 heavy (non-hydrogen) atoms. The van der Waals surface area contributed by atoms with Crippen molar-refractivity contribution in [1.29, 1.82) is 0 Å². The van der Waals surface area contributed by atoms with Gasteiger partial charge in [0.05, 0.1) is 25.9 Å². The molecule has 0 radical (unpaired) electrons. The summed E-state index contributed by atoms with van der Waals surface area (Å²) in [5.74, 6) is -2.18. The van der Waals surface area contributed by atoms with Gasteiger partial charge in [-0.25, -0.2) is 4.79 Å². The van der Waals surface area contributed by atoms with Crippen LogP contribution in [0, 0.1) is 0 Å². The van der Waals surface area contributed by atoms with Crippen LogP contribution in [0.4, 0.5) is 0 Å². The first-order valence-electron chi connectivity index (χ1n) is 8.40. The number of hydrogen-bond acceptors (Lipinski definition) is 6. The number of benzene rings is 1. The third-order valence-corrected chi connectivity index (χ3v) is 5.24. The first-order chi connectivity index (χ1) is 12.0. The maximum absolute atomic E-state index is 12.9. The van der Waals surface area contributed by atoms with E-state index in [0.717, 1.165) is 5.56 Å². The summed E-state index contributed by atoms with van der Waals surface area (Å²) in [5.41, 5.74) is 0.989. The quantitative estimate of drug-likeness (QED) is 0.428. The molecule has 1 aromatic carbocycles. The lowest BCUT2D eigenvalue weighted by Crippen LogP contribution is -2.31. The van der Waals surface area contributed by atoms with E-state index >= 15 is 0 Å². The highest BCUT2D eigenvalue weighted by Crippen LogP contribution is 2.54. The highest BCUT2D eigenvalue weighted by atomic mass is 31.2. The van der Waals surface area contributed by atoms with Gasteiger partial charge in [-0.15, -0.1) is 0 Å². The lowest BCUT2D eigenvalue weighted by Gasteiger charge is -2.26. The molecule has 0 aromatic heterocycles. The maximum atomic E-state index is 12.9. The van der Waals surface area contributed by atoms with Gasteiger partial charge in [0.15, 0.2) is 0 Å². The minimum absolute atomic E-state index is 0.130. The predicted molar refractivity (Wildman–Crippen MR) is 97.3 cm³/mol. The Hall–Kier alpha value is -1.46. The largest absolute Gasteiger partial charge is 0.464 e. The molecule has 0 amide bonds. The Kier molecular flexibility index (Phi) is 9.68. The molecule has 140 valence electrons. The molecule has 0 heterocycles. The van der Waals surface area contributed by atoms with E-state index in [1.165, 1.54) is 0 Å². The second kappa shape index (κ2) is 11.2. The van der Waals surface area contributed by atoms with Crippen LogP contribution in [0.2, 0.25) is 0 Å². The summed E-state index contributed by atoms with van der Waals surface area (Å²) in [6.07, 6.45) is 3.13. The molecule has 0 aliphatic rings. The van der Waals surface area contributed by atoms with Gasteiger partial charge in [-0.1, -0.05) is 42.5 Å². The zero-order valence-electron chi connectivity index (χ0n) is 15.2. The van der Waals surface area contributed by atoms with Crippen LogP contribution in [0.15, 0.2) is 36.4 Å². The van der Waals surface area contributed by atoms with Gasteiger partial charge >= 0.3 is 13.6 Å². The molecule has 0 N–H and O–H groups in total. The minimum atomic E-state index is -3.80. The normalized spacial score (nSPS) is 14.4. The second-order valence-electron chi connectivity index (χ2n) is 5.09. The highest BCUT2D eigenvalue weighted by Gasteiger charge is 2.44. The third-order valence-electron chi connectivity index (χ3n) is 3.10. The van der Waals surface area contributed by atoms with E-state index in [9.17, 15) is 9.36 Å². The van der Waals surface area contributed by atoms with Crippen LogP contribution >= 0.6 is 7.60 Å². The first-order valence-corrected chi connectivity index (χ1v) is 10.0. The van der Waals surface area contributed by atoms with Gasteiger partial charge in [-0.2, -0.15) is 0 Å². The average molecular weight is 370 g/mol. The fourth-order valence-electron chi connectivity index (χ4n) is 2.06. The van der Waals surface area contributed by atoms with Crippen molar-refractivity contribution in [1.82, 2.24) is 0 Å². The summed E-state index contributed by atoms with van der Waals surface area (Å²) in [6, 6.07) is 9.65. The first kappa shape index (κ1) is 21.6. The maximum Gasteiger partial charge on any atom is 0.370 e. The second-order valence-corrected chi connectivity index (χ2v) is 7.16. The number of carbonyl (C=O) groups excluding carboxylic acids is 1. The van der Waals surface area contributed by atoms with Gasteiger partial charge in [0, 0.05) is 0 Å². The fourth-order valence-corrected chi connectivity index (χ4v) is 3.80. The van der Waals surface area contributed by atoms with E-state index in [1.54, 1.807) is 33.8 Å². The Morgan fingerprint density at radius 3 is 2.20 bits per heavy atom. The molecule has 2 atom stereocenters. The summed E-state index contributed by atoms with van der Waals surface area (Å²) in [6.45, 7) is 7.16. The van der Waals surface area contributed by atoms with Crippen LogP contribution in [0.25, 0.3) is 6.08 Å². The lowest BCUT2D eigenvalue weighted by atomic mass is 10.2. The molecule has 1 rings (SSSR count). The monoisotopic (exact) mass is 370 g/mol. The predicted octanol–water partition coefficient (Wildman–Crippen LogP) is 4.26. The zero-order chi connectivity index (χ0) is 18.7. The Morgan fingerprint density at radius 2 is 1.68 bits per heavy atom. The smallest absolute Gasteiger partial charge is 0.370 e. The van der Waals surface area contributed by atoms with Gasteiger partial charge in [0.25, 0.3) is 5.85 Å². The van der Waals surface area contributed by atoms with Crippen molar-refractivity contribution < 1.29 is 27.9 Å². The average Bonchev–Trinajstić information content (AvgIpc) is 2.59. The summed E-state index contributed by atoms with van der Waals surface area (Å²) in [7, 11) is -3.80.